The highest BCUT2D eigenvalue weighted by atomic mass is 35.7. The van der Waals surface area contributed by atoms with Crippen LogP contribution in [0.5, 0.6) is 0 Å². The molecular weight excluding hydrogens is 258 g/mol. The van der Waals surface area contributed by atoms with Crippen LogP contribution in [0.25, 0.3) is 0 Å². The standard InChI is InChI=1S/C8H10ClNO3S2/c1-5(10-6(2)11)7-3-4-8(14-7)15(9,12)13/h3-5H,1-2H3,(H,10,11). The summed E-state index contributed by atoms with van der Waals surface area (Å²) in [6, 6.07) is 2.86. The van der Waals surface area contributed by atoms with Crippen LogP contribution in [0.3, 0.4) is 0 Å². The van der Waals surface area contributed by atoms with Crippen molar-refractivity contribution in [2.75, 3.05) is 0 Å². The summed E-state index contributed by atoms with van der Waals surface area (Å²) in [6.45, 7) is 3.18. The molecular formula is C8H10ClNO3S2. The van der Waals surface area contributed by atoms with Crippen LogP contribution in [0.2, 0.25) is 0 Å². The lowest BCUT2D eigenvalue weighted by Crippen LogP contribution is -2.22. The predicted molar refractivity (Wildman–Crippen MR) is 59.6 cm³/mol. The van der Waals surface area contributed by atoms with E-state index in [4.69, 9.17) is 10.7 Å². The maximum absolute atomic E-state index is 11.0. The fraction of sp³-hybridized carbons (Fsp3) is 0.375. The zero-order chi connectivity index (χ0) is 11.6. The molecule has 0 aliphatic heterocycles. The molecule has 1 heterocycles. The highest BCUT2D eigenvalue weighted by Gasteiger charge is 2.16. The third kappa shape index (κ3) is 3.48. The number of nitrogens with one attached hydrogen (secondary N) is 1. The molecule has 15 heavy (non-hydrogen) atoms. The molecule has 1 aromatic heterocycles. The fourth-order valence-electron chi connectivity index (χ4n) is 1.07. The van der Waals surface area contributed by atoms with E-state index < -0.39 is 9.05 Å². The largest absolute Gasteiger partial charge is 0.349 e. The lowest BCUT2D eigenvalue weighted by atomic mass is 10.3. The number of carbonyl (C=O) groups excluding carboxylic acids is 1. The van der Waals surface area contributed by atoms with Gasteiger partial charge in [0.15, 0.2) is 0 Å². The lowest BCUT2D eigenvalue weighted by Gasteiger charge is -2.09. The highest BCUT2D eigenvalue weighted by molar-refractivity contribution is 8.15. The van der Waals surface area contributed by atoms with Gasteiger partial charge < -0.3 is 5.32 Å². The Morgan fingerprint density at radius 3 is 2.53 bits per heavy atom. The molecule has 0 radical (unpaired) electrons. The van der Waals surface area contributed by atoms with Gasteiger partial charge in [-0.3, -0.25) is 4.79 Å². The summed E-state index contributed by atoms with van der Waals surface area (Å²) >= 11 is 1.06. The average Bonchev–Trinajstić information content (AvgIpc) is 2.48. The van der Waals surface area contributed by atoms with E-state index in [0.717, 1.165) is 16.2 Å². The molecule has 1 atom stereocenters. The number of rotatable bonds is 3. The monoisotopic (exact) mass is 267 g/mol. The smallest absolute Gasteiger partial charge is 0.270 e. The van der Waals surface area contributed by atoms with Crippen molar-refractivity contribution in [3.8, 4) is 0 Å². The summed E-state index contributed by atoms with van der Waals surface area (Å²) in [4.78, 5) is 11.5. The molecule has 1 amide bonds. The molecule has 1 N–H and O–H groups in total. The van der Waals surface area contributed by atoms with Crippen LogP contribution in [0.1, 0.15) is 24.8 Å². The van der Waals surface area contributed by atoms with E-state index in [1.54, 1.807) is 13.0 Å². The molecule has 0 saturated heterocycles. The number of thiophene rings is 1. The minimum atomic E-state index is -3.67. The Morgan fingerprint density at radius 2 is 2.13 bits per heavy atom. The summed E-state index contributed by atoms with van der Waals surface area (Å²) < 4.78 is 22.1. The van der Waals surface area contributed by atoms with Crippen LogP contribution in [-0.2, 0) is 13.8 Å². The second-order valence-corrected chi connectivity index (χ2v) is 6.92. The zero-order valence-corrected chi connectivity index (χ0v) is 10.5. The summed E-state index contributed by atoms with van der Waals surface area (Å²) in [7, 11) is 1.51. The van der Waals surface area contributed by atoms with Crippen LogP contribution >= 0.6 is 22.0 Å². The first kappa shape index (κ1) is 12.5. The van der Waals surface area contributed by atoms with Gasteiger partial charge in [0, 0.05) is 22.5 Å². The molecule has 1 rings (SSSR count). The molecule has 0 fully saturated rings. The Kier molecular flexibility index (Phi) is 3.75. The Labute approximate surface area is 96.7 Å². The van der Waals surface area contributed by atoms with Crippen molar-refractivity contribution >= 4 is 37.0 Å². The number of halogens is 1. The maximum Gasteiger partial charge on any atom is 0.270 e. The van der Waals surface area contributed by atoms with Crippen molar-refractivity contribution in [3.63, 3.8) is 0 Å². The Balaban J connectivity index is 2.90. The van der Waals surface area contributed by atoms with Crippen LogP contribution < -0.4 is 5.32 Å². The molecule has 7 heteroatoms. The van der Waals surface area contributed by atoms with Gasteiger partial charge in [-0.2, -0.15) is 0 Å². The van der Waals surface area contributed by atoms with E-state index in [1.165, 1.54) is 13.0 Å². The first-order chi connectivity index (χ1) is 6.80. The van der Waals surface area contributed by atoms with Crippen molar-refractivity contribution in [3.05, 3.63) is 17.0 Å². The molecule has 0 aliphatic carbocycles. The van der Waals surface area contributed by atoms with E-state index in [9.17, 15) is 13.2 Å². The molecule has 0 bridgehead atoms. The fourth-order valence-corrected chi connectivity index (χ4v) is 3.17. The third-order valence-corrected chi connectivity index (χ3v) is 5.05. The Hall–Kier alpha value is -0.590. The van der Waals surface area contributed by atoms with E-state index in [0.29, 0.717) is 0 Å². The van der Waals surface area contributed by atoms with Gasteiger partial charge in [0.25, 0.3) is 9.05 Å². The minimum absolute atomic E-state index is 0.0939. The number of hydrogen-bond acceptors (Lipinski definition) is 4. The van der Waals surface area contributed by atoms with Gasteiger partial charge in [-0.1, -0.05) is 0 Å². The molecule has 0 spiro atoms. The summed E-state index contributed by atoms with van der Waals surface area (Å²) in [5.41, 5.74) is 0. The molecule has 84 valence electrons. The zero-order valence-electron chi connectivity index (χ0n) is 8.15. The summed E-state index contributed by atoms with van der Waals surface area (Å²) in [5, 5.41) is 2.66. The lowest BCUT2D eigenvalue weighted by molar-refractivity contribution is -0.119. The molecule has 1 aromatic rings. The first-order valence-corrected chi connectivity index (χ1v) is 7.25. The first-order valence-electron chi connectivity index (χ1n) is 4.12. The van der Waals surface area contributed by atoms with Crippen LogP contribution in [0.4, 0.5) is 0 Å². The summed E-state index contributed by atoms with van der Waals surface area (Å²) in [6.07, 6.45) is 0. The normalized spacial score (nSPS) is 13.5. The topological polar surface area (TPSA) is 63.2 Å². The van der Waals surface area contributed by atoms with Crippen molar-refractivity contribution in [2.24, 2.45) is 0 Å². The summed E-state index contributed by atoms with van der Waals surface area (Å²) in [5.74, 6) is -0.161. The van der Waals surface area contributed by atoms with Crippen molar-refractivity contribution in [1.82, 2.24) is 5.32 Å². The maximum atomic E-state index is 11.0. The Bertz CT molecular complexity index is 466. The second kappa shape index (κ2) is 4.51. The predicted octanol–water partition coefficient (Wildman–Crippen LogP) is 1.87. The van der Waals surface area contributed by atoms with Crippen LogP contribution in [-0.4, -0.2) is 14.3 Å². The van der Waals surface area contributed by atoms with Crippen molar-refractivity contribution in [2.45, 2.75) is 24.1 Å². The highest BCUT2D eigenvalue weighted by Crippen LogP contribution is 2.28. The number of amides is 1. The molecule has 4 nitrogen and oxygen atoms in total. The van der Waals surface area contributed by atoms with Gasteiger partial charge in [-0.05, 0) is 19.1 Å². The second-order valence-electron chi connectivity index (χ2n) is 3.02. The number of hydrogen-bond donors (Lipinski definition) is 1. The van der Waals surface area contributed by atoms with Crippen LogP contribution in [0.15, 0.2) is 16.3 Å². The van der Waals surface area contributed by atoms with Gasteiger partial charge >= 0.3 is 0 Å². The van der Waals surface area contributed by atoms with E-state index in [-0.39, 0.29) is 16.2 Å². The molecule has 0 saturated carbocycles. The van der Waals surface area contributed by atoms with Crippen molar-refractivity contribution in [1.29, 1.82) is 0 Å². The minimum Gasteiger partial charge on any atom is -0.349 e. The van der Waals surface area contributed by atoms with Crippen LogP contribution in [0, 0.1) is 0 Å². The average molecular weight is 268 g/mol. The Morgan fingerprint density at radius 1 is 1.53 bits per heavy atom. The van der Waals surface area contributed by atoms with Gasteiger partial charge in [0.2, 0.25) is 5.91 Å². The van der Waals surface area contributed by atoms with E-state index >= 15 is 0 Å². The SMILES string of the molecule is CC(=O)NC(C)c1ccc(S(=O)(=O)Cl)s1. The van der Waals surface area contributed by atoms with E-state index in [1.807, 2.05) is 0 Å². The van der Waals surface area contributed by atoms with Gasteiger partial charge in [0.1, 0.15) is 4.21 Å². The molecule has 1 unspecified atom stereocenters. The van der Waals surface area contributed by atoms with Crippen molar-refractivity contribution < 1.29 is 13.2 Å². The molecule has 0 aromatic carbocycles. The van der Waals surface area contributed by atoms with Gasteiger partial charge in [-0.15, -0.1) is 11.3 Å². The quantitative estimate of drug-likeness (QED) is 0.851. The van der Waals surface area contributed by atoms with Gasteiger partial charge in [-0.25, -0.2) is 8.42 Å². The molecule has 0 aliphatic rings. The van der Waals surface area contributed by atoms with E-state index in [2.05, 4.69) is 5.32 Å². The van der Waals surface area contributed by atoms with Gasteiger partial charge in [0.05, 0.1) is 6.04 Å². The number of carbonyl (C=O) groups is 1. The third-order valence-electron chi connectivity index (χ3n) is 1.69.